The summed E-state index contributed by atoms with van der Waals surface area (Å²) in [4.78, 5) is 0. The summed E-state index contributed by atoms with van der Waals surface area (Å²) < 4.78 is 0. The van der Waals surface area contributed by atoms with Gasteiger partial charge in [-0.1, -0.05) is 48.6 Å². The van der Waals surface area contributed by atoms with Crippen molar-refractivity contribution in [2.24, 2.45) is 5.73 Å². The molecule has 3 heteroatoms. The van der Waals surface area contributed by atoms with Crippen LogP contribution in [0, 0.1) is 0 Å². The Morgan fingerprint density at radius 2 is 1.87 bits per heavy atom. The van der Waals surface area contributed by atoms with Crippen LogP contribution in [0.3, 0.4) is 0 Å². The van der Waals surface area contributed by atoms with Gasteiger partial charge in [0.05, 0.1) is 0 Å². The zero-order chi connectivity index (χ0) is 10.9. The van der Waals surface area contributed by atoms with Gasteiger partial charge in [-0.05, 0) is 5.56 Å². The van der Waals surface area contributed by atoms with E-state index in [1.54, 1.807) is 12.2 Å². The van der Waals surface area contributed by atoms with Crippen molar-refractivity contribution in [1.29, 1.82) is 0 Å². The zero-order valence-electron chi connectivity index (χ0n) is 8.17. The molecule has 0 spiro atoms. The summed E-state index contributed by atoms with van der Waals surface area (Å²) >= 11 is 0. The molecule has 0 unspecified atom stereocenters. The third kappa shape index (κ3) is 1.72. The van der Waals surface area contributed by atoms with Gasteiger partial charge in [0, 0.05) is 5.57 Å². The Bertz CT molecular complexity index is 407. The van der Waals surface area contributed by atoms with E-state index in [1.807, 2.05) is 30.3 Å². The van der Waals surface area contributed by atoms with Crippen molar-refractivity contribution < 1.29 is 10.2 Å². The van der Waals surface area contributed by atoms with Gasteiger partial charge in [-0.25, -0.2) is 0 Å². The summed E-state index contributed by atoms with van der Waals surface area (Å²) in [6.07, 6.45) is 3.79. The van der Waals surface area contributed by atoms with E-state index in [1.165, 1.54) is 6.08 Å². The van der Waals surface area contributed by atoms with Crippen LogP contribution in [-0.2, 0) is 0 Å². The third-order valence-electron chi connectivity index (χ3n) is 2.52. The van der Waals surface area contributed by atoms with E-state index in [9.17, 15) is 10.2 Å². The predicted molar refractivity (Wildman–Crippen MR) is 58.7 cm³/mol. The van der Waals surface area contributed by atoms with Crippen LogP contribution in [0.4, 0.5) is 0 Å². The van der Waals surface area contributed by atoms with Crippen molar-refractivity contribution in [3.05, 3.63) is 54.1 Å². The second-order valence-electron chi connectivity index (χ2n) is 3.60. The molecule has 0 heterocycles. The van der Waals surface area contributed by atoms with E-state index in [4.69, 9.17) is 5.73 Å². The molecule has 0 aromatic heterocycles. The average Bonchev–Trinajstić information content (AvgIpc) is 2.23. The van der Waals surface area contributed by atoms with Gasteiger partial charge < -0.3 is 10.2 Å². The number of rotatable bonds is 1. The lowest BCUT2D eigenvalue weighted by atomic mass is 9.88. The number of allylic oxidation sites excluding steroid dienone is 2. The van der Waals surface area contributed by atoms with Crippen LogP contribution < -0.4 is 5.73 Å². The second kappa shape index (κ2) is 3.62. The summed E-state index contributed by atoms with van der Waals surface area (Å²) in [5.41, 5.74) is 5.31. The van der Waals surface area contributed by atoms with Gasteiger partial charge in [0.25, 0.3) is 0 Å². The second-order valence-corrected chi connectivity index (χ2v) is 3.60. The molecule has 15 heavy (non-hydrogen) atoms. The summed E-state index contributed by atoms with van der Waals surface area (Å²) in [5, 5.41) is 19.5. The zero-order valence-corrected chi connectivity index (χ0v) is 8.17. The van der Waals surface area contributed by atoms with E-state index in [-0.39, 0.29) is 0 Å². The minimum absolute atomic E-state index is 0.526. The maximum Gasteiger partial charge on any atom is 0.170 e. The first-order valence-electron chi connectivity index (χ1n) is 4.76. The standard InChI is InChI=1S/C12H13NO2/c13-12(15)10(7-4-8-11(12)14)9-5-2-1-3-6-9/h1-8,11,14-15H,13H2/t11-,12+/m1/s1. The molecule has 1 aromatic carbocycles. The summed E-state index contributed by atoms with van der Waals surface area (Å²) in [6, 6.07) is 9.29. The lowest BCUT2D eigenvalue weighted by Gasteiger charge is -2.32. The summed E-state index contributed by atoms with van der Waals surface area (Å²) in [5.74, 6) is 0. The molecule has 78 valence electrons. The Morgan fingerprint density at radius 1 is 1.20 bits per heavy atom. The Morgan fingerprint density at radius 3 is 2.53 bits per heavy atom. The van der Waals surface area contributed by atoms with Crippen molar-refractivity contribution in [1.82, 2.24) is 0 Å². The third-order valence-corrected chi connectivity index (χ3v) is 2.52. The predicted octanol–water partition coefficient (Wildman–Crippen LogP) is 0.648. The normalized spacial score (nSPS) is 30.1. The van der Waals surface area contributed by atoms with Crippen LogP contribution in [0.15, 0.2) is 48.6 Å². The highest BCUT2D eigenvalue weighted by Crippen LogP contribution is 2.29. The fourth-order valence-electron chi connectivity index (χ4n) is 1.64. The van der Waals surface area contributed by atoms with Gasteiger partial charge in [-0.2, -0.15) is 0 Å². The molecular formula is C12H13NO2. The fraction of sp³-hybridized carbons (Fsp3) is 0.167. The maximum atomic E-state index is 9.96. The molecule has 0 amide bonds. The number of benzene rings is 1. The van der Waals surface area contributed by atoms with E-state index in [2.05, 4.69) is 0 Å². The van der Waals surface area contributed by atoms with Gasteiger partial charge in [0.15, 0.2) is 5.72 Å². The van der Waals surface area contributed by atoms with Crippen molar-refractivity contribution in [3.8, 4) is 0 Å². The first-order chi connectivity index (χ1) is 7.12. The molecule has 2 rings (SSSR count). The molecule has 1 aromatic rings. The molecule has 1 aliphatic carbocycles. The minimum atomic E-state index is -1.71. The summed E-state index contributed by atoms with van der Waals surface area (Å²) in [6.45, 7) is 0. The van der Waals surface area contributed by atoms with Crippen molar-refractivity contribution in [2.75, 3.05) is 0 Å². The Labute approximate surface area is 88.2 Å². The molecule has 2 atom stereocenters. The molecule has 0 saturated heterocycles. The number of aliphatic hydroxyl groups excluding tert-OH is 1. The van der Waals surface area contributed by atoms with E-state index in [0.717, 1.165) is 5.56 Å². The van der Waals surface area contributed by atoms with Crippen LogP contribution in [0.25, 0.3) is 5.57 Å². The van der Waals surface area contributed by atoms with Gasteiger partial charge in [0.1, 0.15) is 6.10 Å². The minimum Gasteiger partial charge on any atom is -0.384 e. The molecule has 0 aliphatic heterocycles. The van der Waals surface area contributed by atoms with Gasteiger partial charge in [-0.15, -0.1) is 0 Å². The highest BCUT2D eigenvalue weighted by molar-refractivity contribution is 5.75. The molecule has 1 aliphatic rings. The fourth-order valence-corrected chi connectivity index (χ4v) is 1.64. The molecular weight excluding hydrogens is 190 g/mol. The number of aliphatic hydroxyl groups is 2. The molecule has 0 bridgehead atoms. The number of hydrogen-bond donors (Lipinski definition) is 3. The maximum absolute atomic E-state index is 9.96. The first-order valence-corrected chi connectivity index (χ1v) is 4.76. The van der Waals surface area contributed by atoms with E-state index >= 15 is 0 Å². The monoisotopic (exact) mass is 203 g/mol. The Kier molecular flexibility index (Phi) is 2.44. The molecule has 0 fully saturated rings. The average molecular weight is 203 g/mol. The van der Waals surface area contributed by atoms with E-state index in [0.29, 0.717) is 5.57 Å². The summed E-state index contributed by atoms with van der Waals surface area (Å²) in [7, 11) is 0. The quantitative estimate of drug-likeness (QED) is 0.587. The molecule has 4 N–H and O–H groups in total. The Hall–Kier alpha value is -1.42. The van der Waals surface area contributed by atoms with Crippen LogP contribution in [-0.4, -0.2) is 22.0 Å². The highest BCUT2D eigenvalue weighted by Gasteiger charge is 2.35. The molecule has 0 radical (unpaired) electrons. The van der Waals surface area contributed by atoms with Crippen LogP contribution >= 0.6 is 0 Å². The van der Waals surface area contributed by atoms with Gasteiger partial charge >= 0.3 is 0 Å². The van der Waals surface area contributed by atoms with Gasteiger partial charge in [-0.3, -0.25) is 5.73 Å². The van der Waals surface area contributed by atoms with E-state index < -0.39 is 11.8 Å². The lowest BCUT2D eigenvalue weighted by molar-refractivity contribution is -0.00197. The molecule has 3 nitrogen and oxygen atoms in total. The largest absolute Gasteiger partial charge is 0.384 e. The SMILES string of the molecule is N[C@]1(O)C(c2ccccc2)=CC=C[C@H]1O. The van der Waals surface area contributed by atoms with Crippen LogP contribution in [0.1, 0.15) is 5.56 Å². The van der Waals surface area contributed by atoms with Crippen LogP contribution in [0.2, 0.25) is 0 Å². The highest BCUT2D eigenvalue weighted by atomic mass is 16.4. The van der Waals surface area contributed by atoms with Crippen molar-refractivity contribution >= 4 is 5.57 Å². The number of hydrogen-bond acceptors (Lipinski definition) is 3. The van der Waals surface area contributed by atoms with Gasteiger partial charge in [0.2, 0.25) is 0 Å². The topological polar surface area (TPSA) is 66.5 Å². The Balaban J connectivity index is 2.45. The first kappa shape index (κ1) is 10.1. The lowest BCUT2D eigenvalue weighted by Crippen LogP contribution is -2.51. The number of nitrogens with two attached hydrogens (primary N) is 1. The van der Waals surface area contributed by atoms with Crippen molar-refractivity contribution in [3.63, 3.8) is 0 Å². The smallest absolute Gasteiger partial charge is 0.170 e. The molecule has 0 saturated carbocycles. The van der Waals surface area contributed by atoms with Crippen molar-refractivity contribution in [2.45, 2.75) is 11.8 Å². The van der Waals surface area contributed by atoms with Crippen LogP contribution in [0.5, 0.6) is 0 Å².